The topological polar surface area (TPSA) is 109 Å². The van der Waals surface area contributed by atoms with Crippen molar-refractivity contribution >= 4 is 46.6 Å². The van der Waals surface area contributed by atoms with Gasteiger partial charge in [0.05, 0.1) is 15.6 Å². The Balaban J connectivity index is 1.18. The number of halogens is 1. The van der Waals surface area contributed by atoms with Gasteiger partial charge in [-0.1, -0.05) is 54.1 Å². The predicted molar refractivity (Wildman–Crippen MR) is 154 cm³/mol. The van der Waals surface area contributed by atoms with E-state index in [2.05, 4.69) is 10.2 Å². The lowest BCUT2D eigenvalue weighted by molar-refractivity contribution is -0.384. The van der Waals surface area contributed by atoms with Gasteiger partial charge in [-0.15, -0.1) is 0 Å². The van der Waals surface area contributed by atoms with Gasteiger partial charge >= 0.3 is 0 Å². The molecule has 1 N–H and O–H groups in total. The van der Waals surface area contributed by atoms with E-state index in [9.17, 15) is 19.7 Å². The smallest absolute Gasteiger partial charge is 0.291 e. The lowest BCUT2D eigenvalue weighted by Gasteiger charge is -2.36. The molecule has 4 aromatic rings. The number of furan rings is 1. The second kappa shape index (κ2) is 11.9. The molecule has 0 aliphatic carbocycles. The molecule has 1 fully saturated rings. The zero-order valence-electron chi connectivity index (χ0n) is 21.3. The van der Waals surface area contributed by atoms with Crippen LogP contribution in [-0.2, 0) is 4.79 Å². The number of carbonyl (C=O) groups excluding carboxylic acids is 2. The molecule has 40 heavy (non-hydrogen) atoms. The molecule has 10 heteroatoms. The third kappa shape index (κ3) is 6.22. The molecule has 1 saturated heterocycles. The number of hydrogen-bond donors (Lipinski definition) is 1. The number of nitrogens with zero attached hydrogens (tertiary/aromatic N) is 3. The first-order chi connectivity index (χ1) is 19.4. The van der Waals surface area contributed by atoms with Gasteiger partial charge in [-0.05, 0) is 42.0 Å². The number of anilines is 2. The van der Waals surface area contributed by atoms with Crippen LogP contribution in [0.5, 0.6) is 0 Å². The van der Waals surface area contributed by atoms with Gasteiger partial charge in [-0.2, -0.15) is 0 Å². The highest BCUT2D eigenvalue weighted by atomic mass is 35.5. The Hall–Kier alpha value is -4.89. The molecule has 1 aliphatic rings. The Morgan fingerprint density at radius 1 is 0.925 bits per heavy atom. The Morgan fingerprint density at radius 3 is 2.42 bits per heavy atom. The number of nitro groups is 1. The quantitative estimate of drug-likeness (QED) is 0.167. The Kier molecular flexibility index (Phi) is 7.93. The Bertz CT molecular complexity index is 1580. The minimum absolute atomic E-state index is 0.0285. The summed E-state index contributed by atoms with van der Waals surface area (Å²) in [5, 5.41) is 14.3. The van der Waals surface area contributed by atoms with Crippen molar-refractivity contribution in [2.45, 2.75) is 0 Å². The maximum absolute atomic E-state index is 12.8. The Labute approximate surface area is 235 Å². The summed E-state index contributed by atoms with van der Waals surface area (Å²) in [7, 11) is 0. The van der Waals surface area contributed by atoms with E-state index in [-0.39, 0.29) is 17.4 Å². The molecule has 2 heterocycles. The van der Waals surface area contributed by atoms with E-state index in [1.807, 2.05) is 47.4 Å². The van der Waals surface area contributed by atoms with Crippen molar-refractivity contribution < 1.29 is 18.9 Å². The van der Waals surface area contributed by atoms with E-state index in [1.165, 1.54) is 18.2 Å². The SMILES string of the molecule is O=C(Nc1ccc(N2CCN(C(=O)/C=C/c3ccccc3)CC2)c(Cl)c1)c1ccc(-c2cccc([N+](=O)[O-])c2)o1. The third-order valence-electron chi connectivity index (χ3n) is 6.53. The van der Waals surface area contributed by atoms with Gasteiger partial charge in [0.15, 0.2) is 5.76 Å². The minimum atomic E-state index is -0.489. The van der Waals surface area contributed by atoms with Crippen LogP contribution in [0.1, 0.15) is 16.1 Å². The van der Waals surface area contributed by atoms with Crippen LogP contribution in [0.3, 0.4) is 0 Å². The third-order valence-corrected chi connectivity index (χ3v) is 6.83. The van der Waals surface area contributed by atoms with Gasteiger partial charge in [0.1, 0.15) is 5.76 Å². The maximum Gasteiger partial charge on any atom is 0.291 e. The highest BCUT2D eigenvalue weighted by molar-refractivity contribution is 6.33. The summed E-state index contributed by atoms with van der Waals surface area (Å²) >= 11 is 6.57. The molecule has 5 rings (SSSR count). The van der Waals surface area contributed by atoms with Crippen molar-refractivity contribution in [2.75, 3.05) is 36.4 Å². The summed E-state index contributed by atoms with van der Waals surface area (Å²) in [6.45, 7) is 2.39. The number of non-ortho nitro benzene ring substituents is 1. The van der Waals surface area contributed by atoms with Crippen LogP contribution in [-0.4, -0.2) is 47.8 Å². The molecule has 0 radical (unpaired) electrons. The molecule has 202 valence electrons. The molecule has 0 atom stereocenters. The van der Waals surface area contributed by atoms with Crippen molar-refractivity contribution in [1.29, 1.82) is 0 Å². The normalized spacial score (nSPS) is 13.4. The average Bonchev–Trinajstić information content (AvgIpc) is 3.48. The van der Waals surface area contributed by atoms with Crippen LogP contribution in [0.4, 0.5) is 17.1 Å². The number of hydrogen-bond acceptors (Lipinski definition) is 6. The van der Waals surface area contributed by atoms with Gasteiger partial charge in [0.25, 0.3) is 11.6 Å². The van der Waals surface area contributed by atoms with E-state index in [0.717, 1.165) is 11.3 Å². The summed E-state index contributed by atoms with van der Waals surface area (Å²) in [4.78, 5) is 39.8. The number of rotatable bonds is 7. The standard InChI is InChI=1S/C30H25ClN4O5/c31-25-20-23(32-30(37)28-13-12-27(40-28)22-7-4-8-24(19-22)35(38)39)10-11-26(25)33-15-17-34(18-16-33)29(36)14-9-21-5-2-1-3-6-21/h1-14,19-20H,15-18H2,(H,32,37)/b14-9+. The molecular weight excluding hydrogens is 532 g/mol. The number of piperazine rings is 1. The fraction of sp³-hybridized carbons (Fsp3) is 0.133. The zero-order chi connectivity index (χ0) is 28.1. The van der Waals surface area contributed by atoms with Crippen molar-refractivity contribution in [2.24, 2.45) is 0 Å². The average molecular weight is 557 g/mol. The van der Waals surface area contributed by atoms with Gasteiger partial charge in [-0.3, -0.25) is 19.7 Å². The molecule has 1 aromatic heterocycles. The second-order valence-corrected chi connectivity index (χ2v) is 9.56. The maximum atomic E-state index is 12.8. The number of nitrogens with one attached hydrogen (secondary N) is 1. The van der Waals surface area contributed by atoms with Gasteiger partial charge in [0, 0.05) is 55.6 Å². The molecule has 0 unspecified atom stereocenters. The number of carbonyl (C=O) groups is 2. The Morgan fingerprint density at radius 2 is 1.70 bits per heavy atom. The summed E-state index contributed by atoms with van der Waals surface area (Å²) < 4.78 is 5.65. The molecule has 0 bridgehead atoms. The van der Waals surface area contributed by atoms with E-state index in [0.29, 0.717) is 48.2 Å². The monoisotopic (exact) mass is 556 g/mol. The largest absolute Gasteiger partial charge is 0.451 e. The van der Waals surface area contributed by atoms with Crippen LogP contribution < -0.4 is 10.2 Å². The molecule has 1 aliphatic heterocycles. The van der Waals surface area contributed by atoms with Gasteiger partial charge in [-0.25, -0.2) is 0 Å². The lowest BCUT2D eigenvalue weighted by atomic mass is 10.1. The fourth-order valence-electron chi connectivity index (χ4n) is 4.43. The molecule has 9 nitrogen and oxygen atoms in total. The van der Waals surface area contributed by atoms with Crippen molar-refractivity contribution in [1.82, 2.24) is 4.90 Å². The molecule has 0 spiro atoms. The number of benzene rings is 3. The van der Waals surface area contributed by atoms with E-state index >= 15 is 0 Å². The summed E-state index contributed by atoms with van der Waals surface area (Å²) in [6, 6.07) is 24.0. The van der Waals surface area contributed by atoms with Crippen molar-refractivity contribution in [3.8, 4) is 11.3 Å². The number of nitro benzene ring substituents is 1. The first kappa shape index (κ1) is 26.7. The first-order valence-electron chi connectivity index (χ1n) is 12.6. The minimum Gasteiger partial charge on any atom is -0.451 e. The highest BCUT2D eigenvalue weighted by Gasteiger charge is 2.22. The first-order valence-corrected chi connectivity index (χ1v) is 13.0. The second-order valence-electron chi connectivity index (χ2n) is 9.15. The van der Waals surface area contributed by atoms with Crippen LogP contribution in [0.25, 0.3) is 17.4 Å². The lowest BCUT2D eigenvalue weighted by Crippen LogP contribution is -2.48. The van der Waals surface area contributed by atoms with E-state index in [4.69, 9.17) is 16.0 Å². The van der Waals surface area contributed by atoms with Crippen LogP contribution in [0, 0.1) is 10.1 Å². The van der Waals surface area contributed by atoms with Crippen LogP contribution >= 0.6 is 11.6 Å². The molecule has 3 aromatic carbocycles. The zero-order valence-corrected chi connectivity index (χ0v) is 22.1. The summed E-state index contributed by atoms with van der Waals surface area (Å²) in [5.74, 6) is -0.102. The van der Waals surface area contributed by atoms with E-state index < -0.39 is 10.8 Å². The molecule has 0 saturated carbocycles. The van der Waals surface area contributed by atoms with Crippen molar-refractivity contribution in [3.63, 3.8) is 0 Å². The summed E-state index contributed by atoms with van der Waals surface area (Å²) in [6.07, 6.45) is 3.41. The van der Waals surface area contributed by atoms with Gasteiger partial charge < -0.3 is 19.5 Å². The van der Waals surface area contributed by atoms with Crippen LogP contribution in [0.15, 0.2) is 95.4 Å². The van der Waals surface area contributed by atoms with Gasteiger partial charge in [0.2, 0.25) is 5.91 Å². The van der Waals surface area contributed by atoms with Crippen LogP contribution in [0.2, 0.25) is 5.02 Å². The predicted octanol–water partition coefficient (Wildman–Crippen LogP) is 6.12. The van der Waals surface area contributed by atoms with Crippen molar-refractivity contribution in [3.05, 3.63) is 117 Å². The fourth-order valence-corrected chi connectivity index (χ4v) is 4.73. The van der Waals surface area contributed by atoms with E-state index in [1.54, 1.807) is 36.4 Å². The number of amides is 2. The molecular formula is C30H25ClN4O5. The highest BCUT2D eigenvalue weighted by Crippen LogP contribution is 2.31. The molecule has 2 amide bonds. The summed E-state index contributed by atoms with van der Waals surface area (Å²) in [5.41, 5.74) is 2.71.